The number of amides is 2. The Morgan fingerprint density at radius 1 is 1.23 bits per heavy atom. The Balaban J connectivity index is 2.50. The average molecular weight is 369 g/mol. The first-order chi connectivity index (χ1) is 10.3. The maximum atomic E-state index is 12.5. The van der Waals surface area contributed by atoms with Gasteiger partial charge in [0.2, 0.25) is 5.91 Å². The maximum absolute atomic E-state index is 12.5. The molecule has 0 spiro atoms. The number of nitrogens with one attached hydrogen (secondary N) is 1. The van der Waals surface area contributed by atoms with Gasteiger partial charge >= 0.3 is 5.69 Å². The monoisotopic (exact) mass is 368 g/mol. The fourth-order valence-electron chi connectivity index (χ4n) is 2.26. The number of carbonyl (C=O) groups excluding carboxylic acids is 2. The summed E-state index contributed by atoms with van der Waals surface area (Å²) in [5.74, 6) is -0.547. The van der Waals surface area contributed by atoms with Crippen LogP contribution in [0.5, 0.6) is 0 Å². The van der Waals surface area contributed by atoms with Crippen LogP contribution in [0.15, 0.2) is 21.4 Å². The van der Waals surface area contributed by atoms with Crippen LogP contribution in [0.25, 0.3) is 11.0 Å². The van der Waals surface area contributed by atoms with Gasteiger partial charge in [-0.05, 0) is 28.1 Å². The van der Waals surface area contributed by atoms with Gasteiger partial charge in [-0.15, -0.1) is 0 Å². The van der Waals surface area contributed by atoms with E-state index in [1.54, 1.807) is 33.3 Å². The molecule has 22 heavy (non-hydrogen) atoms. The predicted octanol–water partition coefficient (Wildman–Crippen LogP) is 0.457. The Bertz CT molecular complexity index is 822. The Hall–Kier alpha value is -2.09. The van der Waals surface area contributed by atoms with Gasteiger partial charge in [-0.25, -0.2) is 4.79 Å². The van der Waals surface area contributed by atoms with Gasteiger partial charge in [-0.3, -0.25) is 18.7 Å². The number of hydrogen-bond donors (Lipinski definition) is 1. The van der Waals surface area contributed by atoms with Gasteiger partial charge in [0.25, 0.3) is 5.91 Å². The number of likely N-dealkylation sites (N-methyl/N-ethyl adjacent to an activating group) is 2. The highest BCUT2D eigenvalue weighted by Gasteiger charge is 2.20. The number of imidazole rings is 1. The van der Waals surface area contributed by atoms with Crippen molar-refractivity contribution in [3.63, 3.8) is 0 Å². The standard InChI is InChI=1S/C14H17BrN4O3/c1-16-12(20)7-17(2)13(21)8-5-10-11(6-9(8)15)19(4)14(22)18(10)3/h5-6H,7H2,1-4H3,(H,16,20). The van der Waals surface area contributed by atoms with E-state index in [2.05, 4.69) is 21.2 Å². The molecule has 0 aliphatic heterocycles. The van der Waals surface area contributed by atoms with E-state index in [1.807, 2.05) is 0 Å². The molecular formula is C14H17BrN4O3. The first kappa shape index (κ1) is 16.3. The van der Waals surface area contributed by atoms with Crippen LogP contribution in [0.1, 0.15) is 10.4 Å². The molecule has 0 unspecified atom stereocenters. The molecule has 0 bridgehead atoms. The van der Waals surface area contributed by atoms with Crippen LogP contribution < -0.4 is 11.0 Å². The maximum Gasteiger partial charge on any atom is 0.328 e. The molecule has 2 aromatic rings. The van der Waals surface area contributed by atoms with Crippen molar-refractivity contribution in [1.29, 1.82) is 0 Å². The lowest BCUT2D eigenvalue weighted by Gasteiger charge is -2.17. The van der Waals surface area contributed by atoms with Gasteiger partial charge in [0, 0.05) is 32.7 Å². The Morgan fingerprint density at radius 2 is 1.77 bits per heavy atom. The summed E-state index contributed by atoms with van der Waals surface area (Å²) in [5, 5.41) is 2.47. The van der Waals surface area contributed by atoms with Crippen molar-refractivity contribution < 1.29 is 9.59 Å². The minimum atomic E-state index is -0.298. The molecule has 2 rings (SSSR count). The smallest absolute Gasteiger partial charge is 0.328 e. The van der Waals surface area contributed by atoms with Crippen LogP contribution in [-0.4, -0.2) is 46.5 Å². The molecule has 0 fully saturated rings. The normalized spacial score (nSPS) is 10.8. The van der Waals surface area contributed by atoms with Crippen LogP contribution in [0, 0.1) is 0 Å². The SMILES string of the molecule is CNC(=O)CN(C)C(=O)c1cc2c(cc1Br)n(C)c(=O)n2C. The second-order valence-electron chi connectivity index (χ2n) is 5.06. The molecule has 1 aromatic carbocycles. The number of rotatable bonds is 3. The average Bonchev–Trinajstić information content (AvgIpc) is 2.70. The number of carbonyl (C=O) groups is 2. The van der Waals surface area contributed by atoms with E-state index in [-0.39, 0.29) is 24.0 Å². The van der Waals surface area contributed by atoms with Gasteiger partial charge in [0.1, 0.15) is 0 Å². The summed E-state index contributed by atoms with van der Waals surface area (Å²) in [7, 11) is 6.40. The van der Waals surface area contributed by atoms with Gasteiger partial charge in [0.05, 0.1) is 23.1 Å². The molecule has 0 saturated carbocycles. The number of aryl methyl sites for hydroxylation is 2. The van der Waals surface area contributed by atoms with Gasteiger partial charge in [-0.1, -0.05) is 0 Å². The largest absolute Gasteiger partial charge is 0.358 e. The summed E-state index contributed by atoms with van der Waals surface area (Å²) < 4.78 is 3.58. The number of aromatic nitrogens is 2. The van der Waals surface area contributed by atoms with E-state index < -0.39 is 0 Å². The minimum Gasteiger partial charge on any atom is -0.358 e. The van der Waals surface area contributed by atoms with E-state index in [1.165, 1.54) is 21.1 Å². The van der Waals surface area contributed by atoms with Gasteiger partial charge in [-0.2, -0.15) is 0 Å². The van der Waals surface area contributed by atoms with E-state index in [4.69, 9.17) is 0 Å². The Morgan fingerprint density at radius 3 is 2.32 bits per heavy atom. The van der Waals surface area contributed by atoms with Crippen molar-refractivity contribution in [1.82, 2.24) is 19.4 Å². The highest BCUT2D eigenvalue weighted by atomic mass is 79.9. The fraction of sp³-hybridized carbons (Fsp3) is 0.357. The molecule has 1 aromatic heterocycles. The van der Waals surface area contributed by atoms with Crippen molar-refractivity contribution in [3.8, 4) is 0 Å². The second-order valence-corrected chi connectivity index (χ2v) is 5.91. The quantitative estimate of drug-likeness (QED) is 0.854. The number of halogens is 1. The van der Waals surface area contributed by atoms with Gasteiger partial charge < -0.3 is 10.2 Å². The lowest BCUT2D eigenvalue weighted by molar-refractivity contribution is -0.121. The summed E-state index contributed by atoms with van der Waals surface area (Å²) in [5.41, 5.74) is 1.63. The highest BCUT2D eigenvalue weighted by Crippen LogP contribution is 2.24. The first-order valence-corrected chi connectivity index (χ1v) is 7.38. The molecule has 0 atom stereocenters. The van der Waals surface area contributed by atoms with Crippen molar-refractivity contribution in [2.24, 2.45) is 14.1 Å². The Labute approximate surface area is 135 Å². The highest BCUT2D eigenvalue weighted by molar-refractivity contribution is 9.10. The number of benzene rings is 1. The molecule has 0 radical (unpaired) electrons. The van der Waals surface area contributed by atoms with E-state index >= 15 is 0 Å². The van der Waals surface area contributed by atoms with E-state index in [0.29, 0.717) is 15.6 Å². The van der Waals surface area contributed by atoms with Crippen molar-refractivity contribution in [2.75, 3.05) is 20.6 Å². The number of nitrogens with zero attached hydrogens (tertiary/aromatic N) is 3. The molecule has 0 saturated heterocycles. The van der Waals surface area contributed by atoms with Crippen LogP contribution in [0.2, 0.25) is 0 Å². The predicted molar refractivity (Wildman–Crippen MR) is 86.9 cm³/mol. The molecule has 0 aliphatic carbocycles. The third kappa shape index (κ3) is 2.66. The lowest BCUT2D eigenvalue weighted by atomic mass is 10.1. The topological polar surface area (TPSA) is 76.3 Å². The number of fused-ring (bicyclic) bond motifs is 1. The van der Waals surface area contributed by atoms with Crippen LogP contribution in [0.3, 0.4) is 0 Å². The van der Waals surface area contributed by atoms with E-state index in [0.717, 1.165) is 5.52 Å². The zero-order chi connectivity index (χ0) is 16.6. The molecule has 2 amide bonds. The molecule has 118 valence electrons. The second kappa shape index (κ2) is 5.96. The third-order valence-corrected chi connectivity index (χ3v) is 4.25. The number of hydrogen-bond acceptors (Lipinski definition) is 3. The van der Waals surface area contributed by atoms with Crippen LogP contribution >= 0.6 is 15.9 Å². The summed E-state index contributed by atoms with van der Waals surface area (Å²) in [6, 6.07) is 3.39. The Kier molecular flexibility index (Phi) is 4.41. The molecular weight excluding hydrogens is 352 g/mol. The zero-order valence-corrected chi connectivity index (χ0v) is 14.4. The van der Waals surface area contributed by atoms with Crippen molar-refractivity contribution in [2.45, 2.75) is 0 Å². The fourth-order valence-corrected chi connectivity index (χ4v) is 2.76. The van der Waals surface area contributed by atoms with Crippen molar-refractivity contribution in [3.05, 3.63) is 32.7 Å². The van der Waals surface area contributed by atoms with Crippen molar-refractivity contribution >= 4 is 38.8 Å². The van der Waals surface area contributed by atoms with Gasteiger partial charge in [0.15, 0.2) is 0 Å². The minimum absolute atomic E-state index is 0.0342. The molecule has 1 heterocycles. The summed E-state index contributed by atoms with van der Waals surface area (Å²) in [6.45, 7) is -0.0342. The summed E-state index contributed by atoms with van der Waals surface area (Å²) in [4.78, 5) is 37.2. The third-order valence-electron chi connectivity index (χ3n) is 3.60. The van der Waals surface area contributed by atoms with Crippen LogP contribution in [0.4, 0.5) is 0 Å². The molecule has 8 heteroatoms. The first-order valence-electron chi connectivity index (χ1n) is 6.59. The zero-order valence-electron chi connectivity index (χ0n) is 12.8. The van der Waals surface area contributed by atoms with Crippen LogP contribution in [-0.2, 0) is 18.9 Å². The molecule has 0 aliphatic rings. The molecule has 1 N–H and O–H groups in total. The lowest BCUT2D eigenvalue weighted by Crippen LogP contribution is -2.37. The summed E-state index contributed by atoms with van der Waals surface area (Å²) in [6.07, 6.45) is 0. The molecule has 7 nitrogen and oxygen atoms in total. The summed E-state index contributed by atoms with van der Waals surface area (Å²) >= 11 is 3.36. The van der Waals surface area contributed by atoms with E-state index in [9.17, 15) is 14.4 Å².